The number of nitrogens with zero attached hydrogens (tertiary/aromatic N) is 2. The molecule has 0 saturated heterocycles. The van der Waals surface area contributed by atoms with Crippen molar-refractivity contribution in [2.24, 2.45) is 7.05 Å². The van der Waals surface area contributed by atoms with Crippen molar-refractivity contribution in [3.63, 3.8) is 0 Å². The third kappa shape index (κ3) is 2.36. The summed E-state index contributed by atoms with van der Waals surface area (Å²) in [6.45, 7) is 5.78. The van der Waals surface area contributed by atoms with Crippen LogP contribution in [-0.2, 0) is 13.5 Å². The van der Waals surface area contributed by atoms with Gasteiger partial charge in [-0.05, 0) is 36.2 Å². The second-order valence-electron chi connectivity index (χ2n) is 4.00. The summed E-state index contributed by atoms with van der Waals surface area (Å²) in [5.41, 5.74) is 1.37. The van der Waals surface area contributed by atoms with Crippen molar-refractivity contribution in [1.82, 2.24) is 9.78 Å². The van der Waals surface area contributed by atoms with Gasteiger partial charge in [0.05, 0.1) is 21.5 Å². The zero-order valence-electron chi connectivity index (χ0n) is 9.13. The Bertz CT molecular complexity index is 331. The summed E-state index contributed by atoms with van der Waals surface area (Å²) in [4.78, 5) is 0. The van der Waals surface area contributed by atoms with E-state index in [9.17, 15) is 5.11 Å². The van der Waals surface area contributed by atoms with Crippen molar-refractivity contribution in [3.8, 4) is 0 Å². The fourth-order valence-electron chi connectivity index (χ4n) is 1.36. The minimum Gasteiger partial charge on any atom is -0.390 e. The molecule has 1 rings (SSSR count). The molecular weight excluding hydrogens is 244 g/mol. The van der Waals surface area contributed by atoms with Crippen LogP contribution < -0.4 is 0 Å². The standard InChI is InChI=1S/C10H17BrN2O/c1-5-10(3,14)6-8-9(11)7(2)12-13(8)4/h14H,5-6H2,1-4H3. The average molecular weight is 261 g/mol. The summed E-state index contributed by atoms with van der Waals surface area (Å²) in [6.07, 6.45) is 1.37. The molecule has 0 fully saturated rings. The van der Waals surface area contributed by atoms with Gasteiger partial charge >= 0.3 is 0 Å². The average Bonchev–Trinajstić information content (AvgIpc) is 2.32. The lowest BCUT2D eigenvalue weighted by molar-refractivity contribution is 0.0543. The zero-order chi connectivity index (χ0) is 10.9. The van der Waals surface area contributed by atoms with E-state index in [-0.39, 0.29) is 0 Å². The Morgan fingerprint density at radius 1 is 1.57 bits per heavy atom. The Morgan fingerprint density at radius 2 is 2.14 bits per heavy atom. The molecule has 0 saturated carbocycles. The van der Waals surface area contributed by atoms with Crippen LogP contribution in [0.5, 0.6) is 0 Å². The summed E-state index contributed by atoms with van der Waals surface area (Å²) < 4.78 is 2.83. The van der Waals surface area contributed by atoms with Crippen LogP contribution in [0.1, 0.15) is 31.7 Å². The van der Waals surface area contributed by atoms with Gasteiger partial charge in [0.15, 0.2) is 0 Å². The zero-order valence-corrected chi connectivity index (χ0v) is 10.7. The van der Waals surface area contributed by atoms with Crippen LogP contribution in [0.2, 0.25) is 0 Å². The van der Waals surface area contributed by atoms with E-state index >= 15 is 0 Å². The number of hydrogen-bond acceptors (Lipinski definition) is 2. The van der Waals surface area contributed by atoms with Crippen molar-refractivity contribution >= 4 is 15.9 Å². The van der Waals surface area contributed by atoms with E-state index < -0.39 is 5.60 Å². The predicted octanol–water partition coefficient (Wildman–Crippen LogP) is 2.19. The van der Waals surface area contributed by atoms with Gasteiger partial charge in [-0.1, -0.05) is 6.92 Å². The smallest absolute Gasteiger partial charge is 0.0738 e. The summed E-state index contributed by atoms with van der Waals surface area (Å²) in [7, 11) is 1.90. The largest absolute Gasteiger partial charge is 0.390 e. The minimum absolute atomic E-state index is 0.626. The summed E-state index contributed by atoms with van der Waals surface area (Å²) in [6, 6.07) is 0. The third-order valence-corrected chi connectivity index (χ3v) is 3.60. The van der Waals surface area contributed by atoms with E-state index in [1.807, 2.05) is 32.5 Å². The van der Waals surface area contributed by atoms with Gasteiger partial charge in [-0.2, -0.15) is 5.10 Å². The van der Waals surface area contributed by atoms with Crippen LogP contribution >= 0.6 is 15.9 Å². The second kappa shape index (κ2) is 4.03. The molecule has 0 amide bonds. The molecular formula is C10H17BrN2O. The highest BCUT2D eigenvalue weighted by molar-refractivity contribution is 9.10. The monoisotopic (exact) mass is 260 g/mol. The maximum atomic E-state index is 9.97. The summed E-state index contributed by atoms with van der Waals surface area (Å²) in [5, 5.41) is 14.3. The Balaban J connectivity index is 2.97. The number of aromatic nitrogens is 2. The van der Waals surface area contributed by atoms with Gasteiger partial charge < -0.3 is 5.11 Å². The molecule has 1 N–H and O–H groups in total. The quantitative estimate of drug-likeness (QED) is 0.905. The fraction of sp³-hybridized carbons (Fsp3) is 0.700. The van der Waals surface area contributed by atoms with E-state index in [1.54, 1.807) is 0 Å². The van der Waals surface area contributed by atoms with Gasteiger partial charge in [0.1, 0.15) is 0 Å². The maximum absolute atomic E-state index is 9.97. The highest BCUT2D eigenvalue weighted by Gasteiger charge is 2.22. The van der Waals surface area contributed by atoms with Gasteiger partial charge in [0, 0.05) is 13.5 Å². The molecule has 14 heavy (non-hydrogen) atoms. The molecule has 0 aromatic carbocycles. The van der Waals surface area contributed by atoms with Crippen molar-refractivity contribution in [2.45, 2.75) is 39.2 Å². The van der Waals surface area contributed by atoms with Gasteiger partial charge in [-0.25, -0.2) is 0 Å². The van der Waals surface area contributed by atoms with E-state index in [4.69, 9.17) is 0 Å². The van der Waals surface area contributed by atoms with Crippen molar-refractivity contribution in [2.75, 3.05) is 0 Å². The minimum atomic E-state index is -0.650. The van der Waals surface area contributed by atoms with Gasteiger partial charge in [0.25, 0.3) is 0 Å². The van der Waals surface area contributed by atoms with E-state index in [0.29, 0.717) is 6.42 Å². The van der Waals surface area contributed by atoms with Crippen molar-refractivity contribution in [3.05, 3.63) is 15.9 Å². The Hall–Kier alpha value is -0.350. The van der Waals surface area contributed by atoms with Crippen LogP contribution in [0, 0.1) is 6.92 Å². The molecule has 0 aliphatic heterocycles. The molecule has 0 aliphatic rings. The first-order valence-electron chi connectivity index (χ1n) is 4.77. The van der Waals surface area contributed by atoms with E-state index in [1.165, 1.54) is 0 Å². The number of aryl methyl sites for hydroxylation is 2. The molecule has 1 atom stereocenters. The molecule has 1 aromatic heterocycles. The lowest BCUT2D eigenvalue weighted by Crippen LogP contribution is -2.27. The Kier molecular flexibility index (Phi) is 3.37. The van der Waals surface area contributed by atoms with Crippen LogP contribution in [-0.4, -0.2) is 20.5 Å². The molecule has 1 heterocycles. The second-order valence-corrected chi connectivity index (χ2v) is 4.79. The molecule has 0 radical (unpaired) electrons. The third-order valence-electron chi connectivity index (χ3n) is 2.57. The number of halogens is 1. The first kappa shape index (κ1) is 11.7. The normalized spacial score (nSPS) is 15.6. The molecule has 3 nitrogen and oxygen atoms in total. The Labute approximate surface area is 93.3 Å². The Morgan fingerprint density at radius 3 is 2.50 bits per heavy atom. The van der Waals surface area contributed by atoms with Gasteiger partial charge in [0.2, 0.25) is 0 Å². The molecule has 0 bridgehead atoms. The lowest BCUT2D eigenvalue weighted by Gasteiger charge is -2.21. The van der Waals surface area contributed by atoms with Gasteiger partial charge in [-0.15, -0.1) is 0 Å². The summed E-state index contributed by atoms with van der Waals surface area (Å²) >= 11 is 3.49. The topological polar surface area (TPSA) is 38.1 Å². The van der Waals surface area contributed by atoms with Crippen molar-refractivity contribution in [1.29, 1.82) is 0 Å². The molecule has 0 spiro atoms. The molecule has 4 heteroatoms. The lowest BCUT2D eigenvalue weighted by atomic mass is 9.97. The van der Waals surface area contributed by atoms with Crippen LogP contribution in [0.3, 0.4) is 0 Å². The van der Waals surface area contributed by atoms with E-state index in [2.05, 4.69) is 21.0 Å². The van der Waals surface area contributed by atoms with Crippen LogP contribution in [0.25, 0.3) is 0 Å². The molecule has 0 aliphatic carbocycles. The SMILES string of the molecule is CCC(C)(O)Cc1c(Br)c(C)nn1C. The molecule has 1 aromatic rings. The summed E-state index contributed by atoms with van der Waals surface area (Å²) in [5.74, 6) is 0. The van der Waals surface area contributed by atoms with Crippen LogP contribution in [0.15, 0.2) is 4.47 Å². The first-order valence-corrected chi connectivity index (χ1v) is 5.57. The highest BCUT2D eigenvalue weighted by Crippen LogP contribution is 2.25. The van der Waals surface area contributed by atoms with Crippen molar-refractivity contribution < 1.29 is 5.11 Å². The number of aliphatic hydroxyl groups is 1. The van der Waals surface area contributed by atoms with E-state index in [0.717, 1.165) is 22.3 Å². The number of hydrogen-bond donors (Lipinski definition) is 1. The highest BCUT2D eigenvalue weighted by atomic mass is 79.9. The predicted molar refractivity (Wildman–Crippen MR) is 60.3 cm³/mol. The van der Waals surface area contributed by atoms with Crippen LogP contribution in [0.4, 0.5) is 0 Å². The maximum Gasteiger partial charge on any atom is 0.0738 e. The fourth-order valence-corrected chi connectivity index (χ4v) is 1.83. The first-order chi connectivity index (χ1) is 6.37. The molecule has 1 unspecified atom stereocenters. The van der Waals surface area contributed by atoms with Gasteiger partial charge in [-0.3, -0.25) is 4.68 Å². The molecule has 80 valence electrons. The number of rotatable bonds is 3.